The third-order valence-corrected chi connectivity index (χ3v) is 4.07. The van der Waals surface area contributed by atoms with Gasteiger partial charge in [-0.05, 0) is 12.8 Å². The van der Waals surface area contributed by atoms with E-state index in [1.165, 1.54) is 4.88 Å². The van der Waals surface area contributed by atoms with Gasteiger partial charge in [-0.15, -0.1) is 23.7 Å². The van der Waals surface area contributed by atoms with E-state index in [1.54, 1.807) is 11.3 Å². The van der Waals surface area contributed by atoms with Crippen molar-refractivity contribution in [1.29, 1.82) is 0 Å². The van der Waals surface area contributed by atoms with Gasteiger partial charge in [0.1, 0.15) is 6.10 Å². The number of halogens is 1. The van der Waals surface area contributed by atoms with Crippen LogP contribution in [-0.4, -0.2) is 30.1 Å². The van der Waals surface area contributed by atoms with E-state index < -0.39 is 0 Å². The third-order valence-electron chi connectivity index (χ3n) is 3.05. The molecule has 100 valence electrons. The fraction of sp³-hybridized carbons (Fsp3) is 0.636. The normalized spacial score (nSPS) is 22.1. The Hall–Kier alpha value is -0.690. The zero-order valence-corrected chi connectivity index (χ0v) is 11.5. The maximum atomic E-state index is 11.8. The molecule has 0 aliphatic carbocycles. The van der Waals surface area contributed by atoms with Crippen molar-refractivity contribution in [3.63, 3.8) is 0 Å². The van der Waals surface area contributed by atoms with Gasteiger partial charge in [-0.25, -0.2) is 4.98 Å². The highest BCUT2D eigenvalue weighted by molar-refractivity contribution is 7.15. The number of nitrogens with zero attached hydrogens (tertiary/aromatic N) is 1. The van der Waals surface area contributed by atoms with Crippen LogP contribution in [0.15, 0.2) is 0 Å². The van der Waals surface area contributed by atoms with Crippen molar-refractivity contribution in [2.75, 3.05) is 18.5 Å². The van der Waals surface area contributed by atoms with E-state index in [0.717, 1.165) is 38.0 Å². The summed E-state index contributed by atoms with van der Waals surface area (Å²) in [5, 5.41) is 6.86. The Kier molecular flexibility index (Phi) is 4.55. The number of rotatable bonds is 2. The lowest BCUT2D eigenvalue weighted by Gasteiger charge is -2.09. The van der Waals surface area contributed by atoms with Gasteiger partial charge in [0.2, 0.25) is 0 Å². The first-order chi connectivity index (χ1) is 8.33. The average molecular weight is 290 g/mol. The van der Waals surface area contributed by atoms with Crippen LogP contribution in [0.5, 0.6) is 0 Å². The minimum atomic E-state index is -0.283. The second-order valence-corrected chi connectivity index (χ2v) is 5.39. The minimum Gasteiger partial charge on any atom is -0.368 e. The summed E-state index contributed by atoms with van der Waals surface area (Å²) in [4.78, 5) is 17.5. The van der Waals surface area contributed by atoms with Crippen molar-refractivity contribution in [2.24, 2.45) is 0 Å². The molecule has 7 heteroatoms. The summed E-state index contributed by atoms with van der Waals surface area (Å²) in [6, 6.07) is 0. The summed E-state index contributed by atoms with van der Waals surface area (Å²) in [6.07, 6.45) is 2.45. The predicted octanol–water partition coefficient (Wildman–Crippen LogP) is 1.33. The predicted molar refractivity (Wildman–Crippen MR) is 72.4 cm³/mol. The van der Waals surface area contributed by atoms with Gasteiger partial charge in [-0.3, -0.25) is 10.1 Å². The number of hydrogen-bond acceptors (Lipinski definition) is 5. The van der Waals surface area contributed by atoms with Crippen LogP contribution in [0.4, 0.5) is 5.13 Å². The highest BCUT2D eigenvalue weighted by Gasteiger charge is 2.25. The first-order valence-corrected chi connectivity index (χ1v) is 6.76. The van der Waals surface area contributed by atoms with Gasteiger partial charge in [-0.2, -0.15) is 0 Å². The lowest BCUT2D eigenvalue weighted by molar-refractivity contribution is -0.124. The van der Waals surface area contributed by atoms with E-state index in [1.807, 2.05) is 0 Å². The van der Waals surface area contributed by atoms with Crippen LogP contribution in [0.1, 0.15) is 23.4 Å². The molecule has 1 unspecified atom stereocenters. The molecule has 0 radical (unpaired) electrons. The zero-order valence-electron chi connectivity index (χ0n) is 9.90. The molecule has 1 atom stereocenters. The van der Waals surface area contributed by atoms with Gasteiger partial charge in [0.25, 0.3) is 5.91 Å². The van der Waals surface area contributed by atoms with E-state index >= 15 is 0 Å². The fourth-order valence-corrected chi connectivity index (χ4v) is 3.13. The van der Waals surface area contributed by atoms with E-state index in [0.29, 0.717) is 11.7 Å². The smallest absolute Gasteiger partial charge is 0.255 e. The Morgan fingerprint density at radius 3 is 3.17 bits per heavy atom. The Bertz CT molecular complexity index is 408. The molecule has 18 heavy (non-hydrogen) atoms. The summed E-state index contributed by atoms with van der Waals surface area (Å²) in [5.41, 5.74) is 1.12. The SMILES string of the molecule is Cl.O=C(Nc1nc2c(s1)CNCC2)C1CCCO1. The Labute approximate surface area is 116 Å². The van der Waals surface area contributed by atoms with E-state index in [2.05, 4.69) is 15.6 Å². The lowest BCUT2D eigenvalue weighted by Crippen LogP contribution is -2.26. The van der Waals surface area contributed by atoms with Crippen molar-refractivity contribution >= 4 is 34.8 Å². The standard InChI is InChI=1S/C11H15N3O2S.ClH/c15-10(8-2-1-5-16-8)14-11-13-7-3-4-12-6-9(7)17-11;/h8,12H,1-6H2,(H,13,14,15);1H. The Balaban J connectivity index is 0.00000120. The third kappa shape index (κ3) is 2.83. The average Bonchev–Trinajstić information content (AvgIpc) is 2.97. The maximum Gasteiger partial charge on any atom is 0.255 e. The van der Waals surface area contributed by atoms with Gasteiger partial charge < -0.3 is 10.1 Å². The second kappa shape index (κ2) is 5.97. The van der Waals surface area contributed by atoms with Crippen LogP contribution in [0.25, 0.3) is 0 Å². The monoisotopic (exact) mass is 289 g/mol. The summed E-state index contributed by atoms with van der Waals surface area (Å²) in [5.74, 6) is -0.0541. The summed E-state index contributed by atoms with van der Waals surface area (Å²) < 4.78 is 5.34. The van der Waals surface area contributed by atoms with Gasteiger partial charge in [0, 0.05) is 31.0 Å². The van der Waals surface area contributed by atoms with Gasteiger partial charge in [0.05, 0.1) is 5.69 Å². The molecule has 1 aromatic heterocycles. The molecule has 1 aromatic rings. The molecule has 3 heterocycles. The van der Waals surface area contributed by atoms with Crippen LogP contribution in [0.2, 0.25) is 0 Å². The molecule has 0 saturated carbocycles. The van der Waals surface area contributed by atoms with Gasteiger partial charge >= 0.3 is 0 Å². The summed E-state index contributed by atoms with van der Waals surface area (Å²) >= 11 is 1.56. The second-order valence-electron chi connectivity index (χ2n) is 4.31. The molecular weight excluding hydrogens is 274 g/mol. The molecule has 0 aromatic carbocycles. The topological polar surface area (TPSA) is 63.2 Å². The molecule has 0 bridgehead atoms. The largest absolute Gasteiger partial charge is 0.368 e. The van der Waals surface area contributed by atoms with Crippen LogP contribution >= 0.6 is 23.7 Å². The Morgan fingerprint density at radius 2 is 2.44 bits per heavy atom. The highest BCUT2D eigenvalue weighted by Crippen LogP contribution is 2.26. The van der Waals surface area contributed by atoms with Crippen molar-refractivity contribution in [1.82, 2.24) is 10.3 Å². The molecule has 3 rings (SSSR count). The van der Waals surface area contributed by atoms with Crippen molar-refractivity contribution in [3.05, 3.63) is 10.6 Å². The van der Waals surface area contributed by atoms with Crippen molar-refractivity contribution < 1.29 is 9.53 Å². The molecule has 1 saturated heterocycles. The van der Waals surface area contributed by atoms with Crippen LogP contribution in [0.3, 0.4) is 0 Å². The molecule has 5 nitrogen and oxygen atoms in total. The summed E-state index contributed by atoms with van der Waals surface area (Å²) in [7, 11) is 0. The molecule has 0 spiro atoms. The number of thiazole rings is 1. The van der Waals surface area contributed by atoms with E-state index in [9.17, 15) is 4.79 Å². The number of aromatic nitrogens is 1. The van der Waals surface area contributed by atoms with Gasteiger partial charge in [0.15, 0.2) is 5.13 Å². The number of carbonyl (C=O) groups excluding carboxylic acids is 1. The van der Waals surface area contributed by atoms with E-state index in [4.69, 9.17) is 4.74 Å². The number of ether oxygens (including phenoxy) is 1. The first-order valence-electron chi connectivity index (χ1n) is 5.95. The van der Waals surface area contributed by atoms with Crippen LogP contribution < -0.4 is 10.6 Å². The zero-order chi connectivity index (χ0) is 11.7. The van der Waals surface area contributed by atoms with Crippen molar-refractivity contribution in [2.45, 2.75) is 31.9 Å². The number of anilines is 1. The van der Waals surface area contributed by atoms with Gasteiger partial charge in [-0.1, -0.05) is 0 Å². The fourth-order valence-electron chi connectivity index (χ4n) is 2.15. The van der Waals surface area contributed by atoms with Crippen LogP contribution in [-0.2, 0) is 22.5 Å². The quantitative estimate of drug-likeness (QED) is 0.862. The number of fused-ring (bicyclic) bond motifs is 1. The number of amides is 1. The molecule has 1 amide bonds. The Morgan fingerprint density at radius 1 is 1.56 bits per heavy atom. The molecular formula is C11H16ClN3O2S. The summed E-state index contributed by atoms with van der Waals surface area (Å²) in [6.45, 7) is 2.52. The van der Waals surface area contributed by atoms with E-state index in [-0.39, 0.29) is 24.4 Å². The number of carbonyl (C=O) groups is 1. The minimum absolute atomic E-state index is 0. The van der Waals surface area contributed by atoms with Crippen molar-refractivity contribution in [3.8, 4) is 0 Å². The lowest BCUT2D eigenvalue weighted by atomic mass is 10.2. The molecule has 2 aliphatic rings. The number of hydrogen-bond donors (Lipinski definition) is 2. The molecule has 1 fully saturated rings. The first kappa shape index (κ1) is 13.7. The molecule has 2 aliphatic heterocycles. The maximum absolute atomic E-state index is 11.8. The van der Waals surface area contributed by atoms with Crippen LogP contribution in [0, 0.1) is 0 Å². The number of nitrogens with one attached hydrogen (secondary N) is 2. The molecule has 2 N–H and O–H groups in total. The highest BCUT2D eigenvalue weighted by atomic mass is 35.5.